The van der Waals surface area contributed by atoms with Crippen molar-refractivity contribution in [2.45, 2.75) is 52.7 Å². The van der Waals surface area contributed by atoms with Crippen molar-refractivity contribution in [3.8, 4) is 0 Å². The Morgan fingerprint density at radius 2 is 1.89 bits per heavy atom. The zero-order valence-corrected chi connectivity index (χ0v) is 16.5. The number of esters is 3. The molecule has 2 aliphatic rings. The fourth-order valence-electron chi connectivity index (χ4n) is 3.07. The highest BCUT2D eigenvalue weighted by atomic mass is 16.6. The summed E-state index contributed by atoms with van der Waals surface area (Å²) >= 11 is 0. The molecule has 0 spiro atoms. The Labute approximate surface area is 163 Å². The molecule has 2 atom stereocenters. The van der Waals surface area contributed by atoms with Gasteiger partial charge in [0, 0.05) is 30.9 Å². The summed E-state index contributed by atoms with van der Waals surface area (Å²) in [5.74, 6) is -1.91. The zero-order valence-electron chi connectivity index (χ0n) is 16.5. The van der Waals surface area contributed by atoms with Gasteiger partial charge in [0.15, 0.2) is 5.78 Å². The molecule has 2 unspecified atom stereocenters. The molecule has 150 valence electrons. The zero-order chi connectivity index (χ0) is 21.0. The minimum Gasteiger partial charge on any atom is -0.461 e. The third kappa shape index (κ3) is 5.28. The number of fused-ring (bicyclic) bond motifs is 1. The number of carbonyl (C=O) groups excluding carboxylic acids is 4. The van der Waals surface area contributed by atoms with Crippen molar-refractivity contribution < 1.29 is 33.4 Å². The third-order valence-electron chi connectivity index (χ3n) is 4.30. The van der Waals surface area contributed by atoms with E-state index < -0.39 is 30.1 Å². The average molecular weight is 388 g/mol. The fraction of sp³-hybridized carbons (Fsp3) is 0.429. The van der Waals surface area contributed by atoms with Crippen LogP contribution in [0.1, 0.15) is 40.5 Å². The number of hydrogen-bond donors (Lipinski definition) is 0. The van der Waals surface area contributed by atoms with Crippen LogP contribution in [0.5, 0.6) is 0 Å². The summed E-state index contributed by atoms with van der Waals surface area (Å²) in [6, 6.07) is 0. The number of rotatable bonds is 4. The van der Waals surface area contributed by atoms with Gasteiger partial charge in [0.1, 0.15) is 18.8 Å². The quantitative estimate of drug-likeness (QED) is 0.316. The normalized spacial score (nSPS) is 22.6. The van der Waals surface area contributed by atoms with Crippen molar-refractivity contribution in [2.24, 2.45) is 0 Å². The van der Waals surface area contributed by atoms with Crippen molar-refractivity contribution >= 4 is 23.7 Å². The monoisotopic (exact) mass is 388 g/mol. The predicted molar refractivity (Wildman–Crippen MR) is 100.0 cm³/mol. The van der Waals surface area contributed by atoms with Crippen molar-refractivity contribution in [3.05, 3.63) is 46.6 Å². The lowest BCUT2D eigenvalue weighted by atomic mass is 9.91. The molecule has 0 fully saturated rings. The smallest absolute Gasteiger partial charge is 0.338 e. The van der Waals surface area contributed by atoms with Gasteiger partial charge in [-0.1, -0.05) is 17.7 Å². The molecular weight excluding hydrogens is 364 g/mol. The van der Waals surface area contributed by atoms with E-state index in [2.05, 4.69) is 6.58 Å². The molecule has 1 aliphatic heterocycles. The number of ether oxygens (including phenoxy) is 3. The fourth-order valence-corrected chi connectivity index (χ4v) is 3.07. The molecule has 1 heterocycles. The molecule has 0 saturated carbocycles. The van der Waals surface area contributed by atoms with Crippen LogP contribution in [0.4, 0.5) is 0 Å². The maximum Gasteiger partial charge on any atom is 0.338 e. The molecule has 1 aliphatic carbocycles. The van der Waals surface area contributed by atoms with Crippen LogP contribution in [-0.4, -0.2) is 42.5 Å². The molecule has 0 radical (unpaired) electrons. The van der Waals surface area contributed by atoms with E-state index in [0.717, 1.165) is 0 Å². The van der Waals surface area contributed by atoms with Crippen LogP contribution in [0.25, 0.3) is 0 Å². The van der Waals surface area contributed by atoms with E-state index in [9.17, 15) is 19.2 Å². The van der Waals surface area contributed by atoms with Crippen molar-refractivity contribution in [1.29, 1.82) is 0 Å². The van der Waals surface area contributed by atoms with Crippen LogP contribution >= 0.6 is 0 Å². The topological polar surface area (TPSA) is 96.0 Å². The Kier molecular flexibility index (Phi) is 6.72. The molecular formula is C21H24O7. The highest BCUT2D eigenvalue weighted by molar-refractivity contribution is 5.95. The highest BCUT2D eigenvalue weighted by Gasteiger charge is 2.40. The number of hydrogen-bond acceptors (Lipinski definition) is 7. The van der Waals surface area contributed by atoms with Crippen LogP contribution in [0.2, 0.25) is 0 Å². The molecule has 0 aromatic heterocycles. The van der Waals surface area contributed by atoms with Gasteiger partial charge in [-0.05, 0) is 32.9 Å². The van der Waals surface area contributed by atoms with E-state index in [-0.39, 0.29) is 36.4 Å². The van der Waals surface area contributed by atoms with Crippen LogP contribution in [0.3, 0.4) is 0 Å². The van der Waals surface area contributed by atoms with Gasteiger partial charge in [0.25, 0.3) is 0 Å². The van der Waals surface area contributed by atoms with Crippen molar-refractivity contribution in [1.82, 2.24) is 0 Å². The Morgan fingerprint density at radius 1 is 1.21 bits per heavy atom. The number of allylic oxidation sites excluding steroid dienone is 2. The molecule has 0 aromatic carbocycles. The molecule has 28 heavy (non-hydrogen) atoms. The van der Waals surface area contributed by atoms with Crippen LogP contribution in [0.15, 0.2) is 46.6 Å². The van der Waals surface area contributed by atoms with E-state index in [1.807, 2.05) is 0 Å². The second-order valence-electron chi connectivity index (χ2n) is 7.07. The highest BCUT2D eigenvalue weighted by Crippen LogP contribution is 2.33. The Bertz CT molecular complexity index is 826. The van der Waals surface area contributed by atoms with Gasteiger partial charge in [0.2, 0.25) is 0 Å². The van der Waals surface area contributed by atoms with Gasteiger partial charge in [0.05, 0.1) is 5.57 Å². The van der Waals surface area contributed by atoms with E-state index in [1.54, 1.807) is 19.9 Å². The molecule has 0 aromatic rings. The number of carbonyl (C=O) groups is 4. The molecule has 2 rings (SSSR count). The van der Waals surface area contributed by atoms with E-state index in [1.165, 1.54) is 19.9 Å². The molecule has 0 bridgehead atoms. The van der Waals surface area contributed by atoms with Crippen molar-refractivity contribution in [2.75, 3.05) is 6.61 Å². The van der Waals surface area contributed by atoms with Gasteiger partial charge < -0.3 is 14.2 Å². The van der Waals surface area contributed by atoms with Crippen LogP contribution < -0.4 is 0 Å². The Morgan fingerprint density at radius 3 is 2.50 bits per heavy atom. The summed E-state index contributed by atoms with van der Waals surface area (Å²) < 4.78 is 16.0. The SMILES string of the molecule is C=C(C)C(=O)OC1CC(C)=CC(=O)CC(C)=CC2OC(=O)C(COC(C)=O)=C21. The minimum absolute atomic E-state index is 0.0897. The van der Waals surface area contributed by atoms with E-state index >= 15 is 0 Å². The van der Waals surface area contributed by atoms with Gasteiger partial charge in [-0.3, -0.25) is 9.59 Å². The van der Waals surface area contributed by atoms with E-state index in [4.69, 9.17) is 14.2 Å². The van der Waals surface area contributed by atoms with Gasteiger partial charge in [-0.15, -0.1) is 0 Å². The lowest BCUT2D eigenvalue weighted by Gasteiger charge is -2.24. The lowest BCUT2D eigenvalue weighted by molar-refractivity contribution is -0.143. The molecule has 7 heteroatoms. The minimum atomic E-state index is -0.864. The molecule has 0 amide bonds. The maximum atomic E-state index is 12.4. The maximum absolute atomic E-state index is 12.4. The summed E-state index contributed by atoms with van der Waals surface area (Å²) in [6.45, 7) is 9.55. The first-order valence-corrected chi connectivity index (χ1v) is 8.89. The molecule has 7 nitrogen and oxygen atoms in total. The van der Waals surface area contributed by atoms with Crippen LogP contribution in [-0.2, 0) is 33.4 Å². The summed E-state index contributed by atoms with van der Waals surface area (Å²) in [5.41, 5.74) is 2.16. The Hall–Kier alpha value is -2.96. The first-order valence-electron chi connectivity index (χ1n) is 8.89. The first-order chi connectivity index (χ1) is 13.1. The van der Waals surface area contributed by atoms with Gasteiger partial charge in [-0.2, -0.15) is 0 Å². The average Bonchev–Trinajstić information content (AvgIpc) is 2.85. The van der Waals surface area contributed by atoms with Gasteiger partial charge >= 0.3 is 17.9 Å². The summed E-state index contributed by atoms with van der Waals surface area (Å²) in [7, 11) is 0. The second-order valence-corrected chi connectivity index (χ2v) is 7.07. The largest absolute Gasteiger partial charge is 0.461 e. The lowest BCUT2D eigenvalue weighted by Crippen LogP contribution is -2.28. The Balaban J connectivity index is 2.57. The third-order valence-corrected chi connectivity index (χ3v) is 4.30. The first kappa shape index (κ1) is 21.3. The second kappa shape index (κ2) is 8.82. The number of ketones is 1. The van der Waals surface area contributed by atoms with Gasteiger partial charge in [-0.25, -0.2) is 9.59 Å². The molecule has 0 N–H and O–H groups in total. The summed E-state index contributed by atoms with van der Waals surface area (Å²) in [4.78, 5) is 48.0. The molecule has 0 saturated heterocycles. The predicted octanol–water partition coefficient (Wildman–Crippen LogP) is 2.51. The summed E-state index contributed by atoms with van der Waals surface area (Å²) in [5, 5.41) is 0. The van der Waals surface area contributed by atoms with E-state index in [0.29, 0.717) is 16.7 Å². The summed E-state index contributed by atoms with van der Waals surface area (Å²) in [6.07, 6.45) is 1.88. The van der Waals surface area contributed by atoms with Crippen LogP contribution in [0, 0.1) is 0 Å². The standard InChI is InChI=1S/C21H24O7/c1-11(2)20(24)27-17-8-12(3)6-15(23)7-13(4)9-18-19(17)16(21(25)28-18)10-26-14(5)22/h6,9,17-18H,1,7-8,10H2,2-5H3. The van der Waals surface area contributed by atoms with Crippen molar-refractivity contribution in [3.63, 3.8) is 0 Å².